The molecule has 0 aliphatic rings. The predicted octanol–water partition coefficient (Wildman–Crippen LogP) is 4.82. The summed E-state index contributed by atoms with van der Waals surface area (Å²) in [5, 5.41) is 5.44. The van der Waals surface area contributed by atoms with E-state index in [1.54, 1.807) is 0 Å². The van der Waals surface area contributed by atoms with Crippen molar-refractivity contribution in [2.75, 3.05) is 13.6 Å². The van der Waals surface area contributed by atoms with Crippen LogP contribution in [0.3, 0.4) is 0 Å². The van der Waals surface area contributed by atoms with E-state index >= 15 is 0 Å². The van der Waals surface area contributed by atoms with Crippen LogP contribution in [-0.4, -0.2) is 13.6 Å². The highest BCUT2D eigenvalue weighted by atomic mass is 79.9. The number of benzene rings is 1. The zero-order valence-electron chi connectivity index (χ0n) is 10.1. The molecule has 2 aromatic rings. The molecule has 1 heterocycles. The molecule has 0 radical (unpaired) electrons. The number of hydrogen-bond donors (Lipinski definition) is 1. The summed E-state index contributed by atoms with van der Waals surface area (Å²) in [4.78, 5) is 1.41. The zero-order valence-corrected chi connectivity index (χ0v) is 14.1. The Morgan fingerprint density at radius 1 is 1.28 bits per heavy atom. The van der Waals surface area contributed by atoms with Gasteiger partial charge in [0.15, 0.2) is 0 Å². The lowest BCUT2D eigenvalue weighted by atomic mass is 9.95. The van der Waals surface area contributed by atoms with Crippen LogP contribution in [-0.2, 0) is 6.42 Å². The molecule has 1 aromatic heterocycles. The molecule has 0 saturated carbocycles. The molecule has 0 bridgehead atoms. The monoisotopic (exact) mass is 387 g/mol. The van der Waals surface area contributed by atoms with E-state index in [4.69, 9.17) is 0 Å². The van der Waals surface area contributed by atoms with Gasteiger partial charge in [-0.3, -0.25) is 0 Å². The van der Waals surface area contributed by atoms with Crippen LogP contribution in [0.25, 0.3) is 0 Å². The van der Waals surface area contributed by atoms with Gasteiger partial charge < -0.3 is 5.32 Å². The van der Waals surface area contributed by atoms with Gasteiger partial charge in [-0.15, -0.1) is 11.3 Å². The van der Waals surface area contributed by atoms with Crippen LogP contribution in [0.15, 0.2) is 44.7 Å². The summed E-state index contributed by atoms with van der Waals surface area (Å²) < 4.78 is 2.37. The maximum atomic E-state index is 3.65. The van der Waals surface area contributed by atoms with E-state index in [1.807, 2.05) is 18.4 Å². The topological polar surface area (TPSA) is 12.0 Å². The smallest absolute Gasteiger partial charge is 0.0285 e. The van der Waals surface area contributed by atoms with Gasteiger partial charge in [-0.25, -0.2) is 0 Å². The van der Waals surface area contributed by atoms with Gasteiger partial charge in [0.25, 0.3) is 0 Å². The van der Waals surface area contributed by atoms with Gasteiger partial charge in [0.2, 0.25) is 0 Å². The van der Waals surface area contributed by atoms with E-state index in [2.05, 4.69) is 72.9 Å². The van der Waals surface area contributed by atoms with Crippen molar-refractivity contribution in [3.8, 4) is 0 Å². The number of hydrogen-bond acceptors (Lipinski definition) is 2. The first-order valence-electron chi connectivity index (χ1n) is 5.82. The zero-order chi connectivity index (χ0) is 13.0. The molecule has 1 nitrogen and oxygen atoms in total. The number of halogens is 2. The average Bonchev–Trinajstić information content (AvgIpc) is 2.75. The second-order valence-electron chi connectivity index (χ2n) is 4.21. The third-order valence-corrected chi connectivity index (χ3v) is 5.31. The summed E-state index contributed by atoms with van der Waals surface area (Å²) >= 11 is 8.98. The quantitative estimate of drug-likeness (QED) is 0.774. The Labute approximate surface area is 129 Å². The molecule has 0 fully saturated rings. The van der Waals surface area contributed by atoms with Gasteiger partial charge in [-0.1, -0.05) is 34.1 Å². The number of nitrogens with one attached hydrogen (secondary N) is 1. The summed E-state index contributed by atoms with van der Waals surface area (Å²) in [7, 11) is 2.01. The van der Waals surface area contributed by atoms with Crippen molar-refractivity contribution in [3.63, 3.8) is 0 Å². The molecule has 1 unspecified atom stereocenters. The molecule has 1 aromatic carbocycles. The highest BCUT2D eigenvalue weighted by Gasteiger charge is 2.15. The van der Waals surface area contributed by atoms with Gasteiger partial charge >= 0.3 is 0 Å². The molecule has 2 rings (SSSR count). The molecule has 0 amide bonds. The van der Waals surface area contributed by atoms with Gasteiger partial charge in [0, 0.05) is 31.7 Å². The van der Waals surface area contributed by atoms with E-state index in [9.17, 15) is 0 Å². The molecule has 0 aliphatic carbocycles. The Bertz CT molecular complexity index is 510. The fraction of sp³-hybridized carbons (Fsp3) is 0.286. The fourth-order valence-electron chi connectivity index (χ4n) is 2.05. The van der Waals surface area contributed by atoms with Crippen LogP contribution in [0.4, 0.5) is 0 Å². The molecule has 0 saturated heterocycles. The highest BCUT2D eigenvalue weighted by Crippen LogP contribution is 2.30. The van der Waals surface area contributed by atoms with Crippen molar-refractivity contribution in [2.45, 2.75) is 12.3 Å². The van der Waals surface area contributed by atoms with Gasteiger partial charge in [-0.2, -0.15) is 0 Å². The van der Waals surface area contributed by atoms with Crippen molar-refractivity contribution in [2.24, 2.45) is 0 Å². The normalized spacial score (nSPS) is 12.6. The van der Waals surface area contributed by atoms with E-state index in [1.165, 1.54) is 19.4 Å². The maximum absolute atomic E-state index is 3.65. The standard InChI is InChI=1S/C14H15Br2NS/c1-17-8-10(6-12-7-11(15)9-18-12)13-4-2-3-5-14(13)16/h2-5,7,9-10,17H,6,8H2,1H3. The lowest BCUT2D eigenvalue weighted by Gasteiger charge is -2.17. The molecular formula is C14H15Br2NS. The predicted molar refractivity (Wildman–Crippen MR) is 86.5 cm³/mol. The van der Waals surface area contributed by atoms with Crippen LogP contribution in [0.5, 0.6) is 0 Å². The Morgan fingerprint density at radius 2 is 2.06 bits per heavy atom. The molecule has 1 N–H and O–H groups in total. The minimum Gasteiger partial charge on any atom is -0.319 e. The molecule has 1 atom stereocenters. The van der Waals surface area contributed by atoms with Crippen molar-refractivity contribution >= 4 is 43.2 Å². The van der Waals surface area contributed by atoms with E-state index in [0.717, 1.165) is 13.0 Å². The lowest BCUT2D eigenvalue weighted by Crippen LogP contribution is -2.19. The van der Waals surface area contributed by atoms with Crippen molar-refractivity contribution in [3.05, 3.63) is 55.1 Å². The highest BCUT2D eigenvalue weighted by molar-refractivity contribution is 9.10. The van der Waals surface area contributed by atoms with Crippen LogP contribution in [0, 0.1) is 0 Å². The molecule has 0 aliphatic heterocycles. The molecule has 18 heavy (non-hydrogen) atoms. The van der Waals surface area contributed by atoms with E-state index in [-0.39, 0.29) is 0 Å². The third kappa shape index (κ3) is 3.67. The third-order valence-electron chi connectivity index (χ3n) is 2.86. The summed E-state index contributed by atoms with van der Waals surface area (Å²) in [6.45, 7) is 0.984. The summed E-state index contributed by atoms with van der Waals surface area (Å²) in [6.07, 6.45) is 1.07. The maximum Gasteiger partial charge on any atom is 0.0285 e. The van der Waals surface area contributed by atoms with Crippen LogP contribution in [0.1, 0.15) is 16.4 Å². The van der Waals surface area contributed by atoms with Crippen LogP contribution in [0.2, 0.25) is 0 Å². The summed E-state index contributed by atoms with van der Waals surface area (Å²) in [5.41, 5.74) is 1.37. The lowest BCUT2D eigenvalue weighted by molar-refractivity contribution is 0.628. The van der Waals surface area contributed by atoms with Gasteiger partial charge in [-0.05, 0) is 47.1 Å². The van der Waals surface area contributed by atoms with Gasteiger partial charge in [0.05, 0.1) is 0 Å². The minimum absolute atomic E-state index is 0.496. The number of rotatable bonds is 5. The number of thiophene rings is 1. The van der Waals surface area contributed by atoms with Crippen molar-refractivity contribution in [1.82, 2.24) is 5.32 Å². The second kappa shape index (κ2) is 6.85. The molecule has 0 spiro atoms. The Balaban J connectivity index is 2.20. The summed E-state index contributed by atoms with van der Waals surface area (Å²) in [6, 6.07) is 10.7. The Morgan fingerprint density at radius 3 is 2.67 bits per heavy atom. The van der Waals surface area contributed by atoms with Crippen LogP contribution >= 0.6 is 43.2 Å². The molecule has 4 heteroatoms. The number of likely N-dealkylation sites (N-methyl/N-ethyl adjacent to an activating group) is 1. The Kier molecular flexibility index (Phi) is 5.42. The van der Waals surface area contributed by atoms with E-state index < -0.39 is 0 Å². The first kappa shape index (κ1) is 14.3. The largest absolute Gasteiger partial charge is 0.319 e. The van der Waals surface area contributed by atoms with Crippen LogP contribution < -0.4 is 5.32 Å². The fourth-order valence-corrected chi connectivity index (χ4v) is 4.19. The van der Waals surface area contributed by atoms with Crippen molar-refractivity contribution in [1.29, 1.82) is 0 Å². The first-order chi connectivity index (χ1) is 8.70. The average molecular weight is 389 g/mol. The molecule has 96 valence electrons. The van der Waals surface area contributed by atoms with E-state index in [0.29, 0.717) is 5.92 Å². The SMILES string of the molecule is CNCC(Cc1cc(Br)cs1)c1ccccc1Br. The summed E-state index contributed by atoms with van der Waals surface area (Å²) in [5.74, 6) is 0.496. The Hall–Kier alpha value is -0.160. The molecular weight excluding hydrogens is 374 g/mol. The first-order valence-corrected chi connectivity index (χ1v) is 8.29. The second-order valence-corrected chi connectivity index (χ2v) is 6.98. The van der Waals surface area contributed by atoms with Gasteiger partial charge in [0.1, 0.15) is 0 Å². The van der Waals surface area contributed by atoms with Crippen molar-refractivity contribution < 1.29 is 0 Å². The minimum atomic E-state index is 0.496.